The lowest BCUT2D eigenvalue weighted by Gasteiger charge is -2.62. The van der Waals surface area contributed by atoms with E-state index in [0.29, 0.717) is 0 Å². The molecule has 4 bridgehead atoms. The first-order valence-corrected chi connectivity index (χ1v) is 7.22. The molecule has 0 aromatic rings. The molecule has 2 N–H and O–H groups in total. The van der Waals surface area contributed by atoms with Crippen molar-refractivity contribution in [2.24, 2.45) is 34.8 Å². The van der Waals surface area contributed by atoms with Crippen LogP contribution in [0.5, 0.6) is 0 Å². The quantitative estimate of drug-likeness (QED) is 0.758. The largest absolute Gasteiger partial charge is 0.325 e. The second kappa shape index (κ2) is 3.25. The Morgan fingerprint density at radius 2 is 1.69 bits per heavy atom. The summed E-state index contributed by atoms with van der Waals surface area (Å²) in [5.74, 6) is 3.76. The summed E-state index contributed by atoms with van der Waals surface area (Å²) >= 11 is 0. The third-order valence-corrected chi connectivity index (χ3v) is 6.01. The van der Waals surface area contributed by atoms with Crippen LogP contribution < -0.4 is 5.73 Å². The van der Waals surface area contributed by atoms with E-state index in [0.717, 1.165) is 29.1 Å². The Morgan fingerprint density at radius 1 is 1.12 bits per heavy atom. The highest BCUT2D eigenvalue weighted by atomic mass is 14.8. The molecule has 1 heteroatoms. The minimum absolute atomic E-state index is 0.0531. The SMILES string of the molecule is CCC12CC3CC(C1)C(C(C)(C)N)C(C3)C2. The topological polar surface area (TPSA) is 26.0 Å². The summed E-state index contributed by atoms with van der Waals surface area (Å²) in [5, 5.41) is 0. The molecule has 0 radical (unpaired) electrons. The van der Waals surface area contributed by atoms with Gasteiger partial charge in [-0.2, -0.15) is 0 Å². The van der Waals surface area contributed by atoms with Crippen LogP contribution in [0, 0.1) is 29.1 Å². The number of rotatable bonds is 2. The highest BCUT2D eigenvalue weighted by Crippen LogP contribution is 2.64. The smallest absolute Gasteiger partial charge is 0.0131 e. The summed E-state index contributed by atoms with van der Waals surface area (Å²) in [5.41, 5.74) is 7.23. The average Bonchev–Trinajstić information content (AvgIpc) is 2.13. The van der Waals surface area contributed by atoms with E-state index in [9.17, 15) is 0 Å². The lowest BCUT2D eigenvalue weighted by molar-refractivity contribution is -0.115. The van der Waals surface area contributed by atoms with Crippen molar-refractivity contribution in [2.45, 2.75) is 64.8 Å². The zero-order valence-corrected chi connectivity index (χ0v) is 11.1. The van der Waals surface area contributed by atoms with Gasteiger partial charge in [0, 0.05) is 5.54 Å². The summed E-state index contributed by atoms with van der Waals surface area (Å²) in [6.07, 6.45) is 8.90. The Hall–Kier alpha value is -0.0400. The van der Waals surface area contributed by atoms with Crippen molar-refractivity contribution in [3.63, 3.8) is 0 Å². The zero-order chi connectivity index (χ0) is 11.6. The normalized spacial score (nSPS) is 51.0. The highest BCUT2D eigenvalue weighted by Gasteiger charge is 2.56. The number of hydrogen-bond donors (Lipinski definition) is 1. The van der Waals surface area contributed by atoms with Crippen molar-refractivity contribution in [2.75, 3.05) is 0 Å². The van der Waals surface area contributed by atoms with Crippen molar-refractivity contribution in [1.29, 1.82) is 0 Å². The first kappa shape index (κ1) is 11.1. The van der Waals surface area contributed by atoms with E-state index in [1.54, 1.807) is 0 Å². The van der Waals surface area contributed by atoms with Gasteiger partial charge in [-0.15, -0.1) is 0 Å². The van der Waals surface area contributed by atoms with Gasteiger partial charge >= 0.3 is 0 Å². The molecule has 4 aliphatic rings. The highest BCUT2D eigenvalue weighted by molar-refractivity contribution is 5.08. The van der Waals surface area contributed by atoms with E-state index in [1.165, 1.54) is 38.5 Å². The fraction of sp³-hybridized carbons (Fsp3) is 1.00. The minimum Gasteiger partial charge on any atom is -0.325 e. The lowest BCUT2D eigenvalue weighted by atomic mass is 9.43. The molecular formula is C15H27N. The first-order chi connectivity index (χ1) is 7.43. The molecule has 0 aromatic carbocycles. The summed E-state index contributed by atoms with van der Waals surface area (Å²) < 4.78 is 0. The molecule has 0 saturated heterocycles. The van der Waals surface area contributed by atoms with Crippen molar-refractivity contribution >= 4 is 0 Å². The molecule has 2 unspecified atom stereocenters. The molecule has 0 heterocycles. The molecule has 1 nitrogen and oxygen atoms in total. The monoisotopic (exact) mass is 221 g/mol. The molecule has 4 rings (SSSR count). The van der Waals surface area contributed by atoms with Gasteiger partial charge in [-0.05, 0) is 75.0 Å². The minimum atomic E-state index is 0.0531. The van der Waals surface area contributed by atoms with Crippen molar-refractivity contribution in [1.82, 2.24) is 0 Å². The fourth-order valence-corrected chi connectivity index (χ4v) is 5.84. The molecule has 16 heavy (non-hydrogen) atoms. The lowest BCUT2D eigenvalue weighted by Crippen LogP contribution is -2.59. The van der Waals surface area contributed by atoms with E-state index in [4.69, 9.17) is 5.73 Å². The summed E-state index contributed by atoms with van der Waals surface area (Å²) in [4.78, 5) is 0. The Labute approximate surface area is 100 Å². The van der Waals surface area contributed by atoms with Crippen molar-refractivity contribution in [3.8, 4) is 0 Å². The van der Waals surface area contributed by atoms with Crippen LogP contribution in [0.3, 0.4) is 0 Å². The summed E-state index contributed by atoms with van der Waals surface area (Å²) in [6, 6.07) is 0. The Kier molecular flexibility index (Phi) is 2.25. The van der Waals surface area contributed by atoms with Crippen LogP contribution in [0.1, 0.15) is 59.3 Å². The van der Waals surface area contributed by atoms with Crippen LogP contribution in [0.2, 0.25) is 0 Å². The van der Waals surface area contributed by atoms with E-state index >= 15 is 0 Å². The number of nitrogens with two attached hydrogens (primary N) is 1. The van der Waals surface area contributed by atoms with Crippen LogP contribution in [-0.2, 0) is 0 Å². The van der Waals surface area contributed by atoms with Crippen LogP contribution >= 0.6 is 0 Å². The second-order valence-electron chi connectivity index (χ2n) is 7.67. The summed E-state index contributed by atoms with van der Waals surface area (Å²) in [7, 11) is 0. The van der Waals surface area contributed by atoms with Gasteiger partial charge in [-0.3, -0.25) is 0 Å². The van der Waals surface area contributed by atoms with Crippen molar-refractivity contribution in [3.05, 3.63) is 0 Å². The predicted molar refractivity (Wildman–Crippen MR) is 68.0 cm³/mol. The molecule has 0 aromatic heterocycles. The van der Waals surface area contributed by atoms with E-state index in [1.807, 2.05) is 0 Å². The maximum Gasteiger partial charge on any atom is 0.0131 e. The van der Waals surface area contributed by atoms with Crippen LogP contribution in [-0.4, -0.2) is 5.54 Å². The van der Waals surface area contributed by atoms with E-state index in [-0.39, 0.29) is 5.54 Å². The van der Waals surface area contributed by atoms with Gasteiger partial charge in [-0.1, -0.05) is 13.3 Å². The maximum absolute atomic E-state index is 6.45. The maximum atomic E-state index is 6.45. The van der Waals surface area contributed by atoms with Crippen molar-refractivity contribution < 1.29 is 0 Å². The molecule has 0 spiro atoms. The Bertz CT molecular complexity index is 272. The van der Waals surface area contributed by atoms with Gasteiger partial charge in [0.25, 0.3) is 0 Å². The van der Waals surface area contributed by atoms with Gasteiger partial charge in [0.2, 0.25) is 0 Å². The van der Waals surface area contributed by atoms with E-state index < -0.39 is 0 Å². The molecule has 4 fully saturated rings. The average molecular weight is 221 g/mol. The molecule has 0 amide bonds. The second-order valence-corrected chi connectivity index (χ2v) is 7.67. The standard InChI is InChI=1S/C15H27N/c1-4-15-7-10-5-11(8-15)13(14(2,3)16)12(6-10)9-15/h10-13H,4-9,16H2,1-3H3. The van der Waals surface area contributed by atoms with Crippen LogP contribution in [0.4, 0.5) is 0 Å². The molecule has 4 aliphatic carbocycles. The molecule has 92 valence electrons. The molecular weight excluding hydrogens is 194 g/mol. The Balaban J connectivity index is 1.90. The van der Waals surface area contributed by atoms with Gasteiger partial charge < -0.3 is 5.73 Å². The van der Waals surface area contributed by atoms with Gasteiger partial charge in [-0.25, -0.2) is 0 Å². The van der Waals surface area contributed by atoms with Gasteiger partial charge in [0.1, 0.15) is 0 Å². The van der Waals surface area contributed by atoms with Crippen LogP contribution in [0.15, 0.2) is 0 Å². The van der Waals surface area contributed by atoms with Crippen LogP contribution in [0.25, 0.3) is 0 Å². The predicted octanol–water partition coefficient (Wildman–Crippen LogP) is 3.58. The molecule has 2 atom stereocenters. The number of hydrogen-bond acceptors (Lipinski definition) is 1. The van der Waals surface area contributed by atoms with E-state index in [2.05, 4.69) is 20.8 Å². The van der Waals surface area contributed by atoms with Gasteiger partial charge in [0.15, 0.2) is 0 Å². The van der Waals surface area contributed by atoms with Gasteiger partial charge in [0.05, 0.1) is 0 Å². The third kappa shape index (κ3) is 1.47. The molecule has 4 saturated carbocycles. The Morgan fingerprint density at radius 3 is 2.12 bits per heavy atom. The first-order valence-electron chi connectivity index (χ1n) is 7.22. The summed E-state index contributed by atoms with van der Waals surface area (Å²) in [6.45, 7) is 6.94. The third-order valence-electron chi connectivity index (χ3n) is 6.01. The zero-order valence-electron chi connectivity index (χ0n) is 11.1. The fourth-order valence-electron chi connectivity index (χ4n) is 5.84. The molecule has 0 aliphatic heterocycles.